The fourth-order valence-corrected chi connectivity index (χ4v) is 1.88. The van der Waals surface area contributed by atoms with Gasteiger partial charge in [-0.25, -0.2) is 0 Å². The molecule has 0 aromatic heterocycles. The first-order chi connectivity index (χ1) is 6.29. The smallest absolute Gasteiger partial charge is 0.0213 e. The molecule has 0 saturated heterocycles. The van der Waals surface area contributed by atoms with Gasteiger partial charge in [0.15, 0.2) is 0 Å². The van der Waals surface area contributed by atoms with E-state index >= 15 is 0 Å². The van der Waals surface area contributed by atoms with Gasteiger partial charge >= 0.3 is 0 Å². The average molecular weight is 237 g/mol. The molecule has 13 heavy (non-hydrogen) atoms. The summed E-state index contributed by atoms with van der Waals surface area (Å²) in [4.78, 5) is 0. The van der Waals surface area contributed by atoms with Gasteiger partial charge in [-0.3, -0.25) is 0 Å². The van der Waals surface area contributed by atoms with Crippen molar-refractivity contribution in [1.82, 2.24) is 0 Å². The molecule has 0 bridgehead atoms. The van der Waals surface area contributed by atoms with Crippen LogP contribution in [0.15, 0.2) is 54.0 Å². The second-order valence-corrected chi connectivity index (χ2v) is 3.74. The second kappa shape index (κ2) is 5.03. The van der Waals surface area contributed by atoms with Crippen LogP contribution < -0.4 is 0 Å². The zero-order valence-corrected chi connectivity index (χ0v) is 9.13. The Kier molecular flexibility index (Phi) is 3.97. The lowest BCUT2D eigenvalue weighted by atomic mass is 9.96. The molecule has 1 atom stereocenters. The number of halogens is 1. The van der Waals surface area contributed by atoms with Crippen LogP contribution in [0.1, 0.15) is 17.9 Å². The fourth-order valence-electron chi connectivity index (χ4n) is 1.31. The van der Waals surface area contributed by atoms with Gasteiger partial charge < -0.3 is 0 Å². The minimum atomic E-state index is 0.369. The number of benzene rings is 1. The fraction of sp³-hybridized carbons (Fsp3) is 0.167. The van der Waals surface area contributed by atoms with Crippen LogP contribution >= 0.6 is 15.9 Å². The van der Waals surface area contributed by atoms with Crippen molar-refractivity contribution in [3.05, 3.63) is 59.6 Å². The minimum Gasteiger partial charge on any atom is -0.103 e. The molecule has 1 rings (SSSR count). The van der Waals surface area contributed by atoms with E-state index in [-0.39, 0.29) is 0 Å². The van der Waals surface area contributed by atoms with E-state index in [2.05, 4.69) is 41.2 Å². The van der Waals surface area contributed by atoms with Gasteiger partial charge in [-0.05, 0) is 18.1 Å². The molecule has 0 aliphatic rings. The third-order valence-corrected chi connectivity index (χ3v) is 2.73. The highest BCUT2D eigenvalue weighted by molar-refractivity contribution is 9.10. The summed E-state index contributed by atoms with van der Waals surface area (Å²) in [6.07, 6.45) is 4.82. The van der Waals surface area contributed by atoms with Crippen LogP contribution in [-0.4, -0.2) is 0 Å². The second-order valence-electron chi connectivity index (χ2n) is 2.89. The highest BCUT2D eigenvalue weighted by atomic mass is 79.9. The molecule has 0 radical (unpaired) electrons. The van der Waals surface area contributed by atoms with Gasteiger partial charge in [-0.1, -0.05) is 46.3 Å². The van der Waals surface area contributed by atoms with Crippen LogP contribution in [0, 0.1) is 0 Å². The van der Waals surface area contributed by atoms with Gasteiger partial charge in [-0.2, -0.15) is 0 Å². The van der Waals surface area contributed by atoms with Gasteiger partial charge in [0.05, 0.1) is 0 Å². The predicted octanol–water partition coefficient (Wildman–Crippen LogP) is 4.29. The standard InChI is InChI=1S/C12H13Br/c1-3-7-10(4-2)11-8-5-6-9-12(11)13/h3-6,8-10H,1-2,7H2/t10-/m0/s1. The Morgan fingerprint density at radius 1 is 1.31 bits per heavy atom. The van der Waals surface area contributed by atoms with E-state index in [4.69, 9.17) is 0 Å². The number of allylic oxidation sites excluding steroid dienone is 2. The van der Waals surface area contributed by atoms with E-state index in [0.29, 0.717) is 5.92 Å². The van der Waals surface area contributed by atoms with Crippen LogP contribution in [0.3, 0.4) is 0 Å². The Balaban J connectivity index is 2.96. The third kappa shape index (κ3) is 2.56. The summed E-state index contributed by atoms with van der Waals surface area (Å²) in [6.45, 7) is 7.57. The van der Waals surface area contributed by atoms with Crippen LogP contribution in [0.2, 0.25) is 0 Å². The quantitative estimate of drug-likeness (QED) is 0.685. The molecule has 1 aromatic rings. The van der Waals surface area contributed by atoms with Gasteiger partial charge in [0, 0.05) is 10.4 Å². The first kappa shape index (κ1) is 10.3. The molecule has 0 fully saturated rings. The molecule has 0 nitrogen and oxygen atoms in total. The number of hydrogen-bond donors (Lipinski definition) is 0. The van der Waals surface area contributed by atoms with Crippen LogP contribution in [-0.2, 0) is 0 Å². The minimum absolute atomic E-state index is 0.369. The first-order valence-corrected chi connectivity index (χ1v) is 5.06. The lowest BCUT2D eigenvalue weighted by Gasteiger charge is -2.11. The van der Waals surface area contributed by atoms with Gasteiger partial charge in [0.2, 0.25) is 0 Å². The molecule has 0 spiro atoms. The molecule has 1 aromatic carbocycles. The van der Waals surface area contributed by atoms with Crippen LogP contribution in [0.4, 0.5) is 0 Å². The molecule has 0 unspecified atom stereocenters. The summed E-state index contributed by atoms with van der Waals surface area (Å²) in [5.41, 5.74) is 1.28. The molecule has 0 saturated carbocycles. The summed E-state index contributed by atoms with van der Waals surface area (Å²) < 4.78 is 1.14. The van der Waals surface area contributed by atoms with Crippen molar-refractivity contribution in [3.8, 4) is 0 Å². The Morgan fingerprint density at radius 2 is 2.00 bits per heavy atom. The van der Waals surface area contributed by atoms with Crippen molar-refractivity contribution >= 4 is 15.9 Å². The van der Waals surface area contributed by atoms with Gasteiger partial charge in [0.1, 0.15) is 0 Å². The van der Waals surface area contributed by atoms with E-state index in [0.717, 1.165) is 10.9 Å². The summed E-state index contributed by atoms with van der Waals surface area (Å²) in [5.74, 6) is 0.369. The van der Waals surface area contributed by atoms with Crippen LogP contribution in [0.25, 0.3) is 0 Å². The Labute approximate surface area is 88.1 Å². The average Bonchev–Trinajstić information content (AvgIpc) is 2.16. The number of rotatable bonds is 4. The normalized spacial score (nSPS) is 12.1. The molecular weight excluding hydrogens is 224 g/mol. The largest absolute Gasteiger partial charge is 0.103 e. The maximum Gasteiger partial charge on any atom is 0.0213 e. The third-order valence-electron chi connectivity index (χ3n) is 2.01. The van der Waals surface area contributed by atoms with E-state index in [1.165, 1.54) is 5.56 Å². The zero-order valence-electron chi connectivity index (χ0n) is 7.54. The Morgan fingerprint density at radius 3 is 2.54 bits per heavy atom. The summed E-state index contributed by atoms with van der Waals surface area (Å²) in [5, 5.41) is 0. The predicted molar refractivity (Wildman–Crippen MR) is 61.9 cm³/mol. The molecular formula is C12H13Br. The van der Waals surface area contributed by atoms with E-state index in [1.807, 2.05) is 24.3 Å². The summed E-state index contributed by atoms with van der Waals surface area (Å²) in [6, 6.07) is 8.22. The lowest BCUT2D eigenvalue weighted by molar-refractivity contribution is 0.862. The lowest BCUT2D eigenvalue weighted by Crippen LogP contribution is -1.93. The molecule has 0 heterocycles. The first-order valence-electron chi connectivity index (χ1n) is 4.27. The molecule has 68 valence electrons. The summed E-state index contributed by atoms with van der Waals surface area (Å²) >= 11 is 3.53. The Bertz CT molecular complexity index is 302. The van der Waals surface area contributed by atoms with Crippen LogP contribution in [0.5, 0.6) is 0 Å². The van der Waals surface area contributed by atoms with Crippen molar-refractivity contribution in [3.63, 3.8) is 0 Å². The molecule has 0 aliphatic heterocycles. The van der Waals surface area contributed by atoms with Crippen molar-refractivity contribution in [2.24, 2.45) is 0 Å². The van der Waals surface area contributed by atoms with E-state index in [1.54, 1.807) is 0 Å². The van der Waals surface area contributed by atoms with Crippen molar-refractivity contribution in [1.29, 1.82) is 0 Å². The topological polar surface area (TPSA) is 0 Å². The zero-order chi connectivity index (χ0) is 9.68. The van der Waals surface area contributed by atoms with Crippen molar-refractivity contribution < 1.29 is 0 Å². The van der Waals surface area contributed by atoms with Gasteiger partial charge in [-0.15, -0.1) is 13.2 Å². The van der Waals surface area contributed by atoms with E-state index < -0.39 is 0 Å². The highest BCUT2D eigenvalue weighted by Gasteiger charge is 2.07. The maximum absolute atomic E-state index is 3.83. The number of hydrogen-bond acceptors (Lipinski definition) is 0. The summed E-state index contributed by atoms with van der Waals surface area (Å²) in [7, 11) is 0. The van der Waals surface area contributed by atoms with Gasteiger partial charge in [0.25, 0.3) is 0 Å². The monoisotopic (exact) mass is 236 g/mol. The highest BCUT2D eigenvalue weighted by Crippen LogP contribution is 2.28. The van der Waals surface area contributed by atoms with E-state index in [9.17, 15) is 0 Å². The maximum atomic E-state index is 3.83. The molecule has 0 aliphatic carbocycles. The molecule has 0 amide bonds. The Hall–Kier alpha value is -0.820. The van der Waals surface area contributed by atoms with Crippen molar-refractivity contribution in [2.75, 3.05) is 0 Å². The molecule has 0 N–H and O–H groups in total. The van der Waals surface area contributed by atoms with Crippen molar-refractivity contribution in [2.45, 2.75) is 12.3 Å². The molecule has 1 heteroatoms. The SMILES string of the molecule is C=CC[C@H](C=C)c1ccccc1Br.